The Balaban J connectivity index is 2.43. The Morgan fingerprint density at radius 1 is 1.39 bits per heavy atom. The number of carbonyl (C=O) groups excluding carboxylic acids is 1. The average Bonchev–Trinajstić information content (AvgIpc) is 2.25. The first-order chi connectivity index (χ1) is 8.28. The fraction of sp³-hybridized carbons (Fsp3) is 0.462. The van der Waals surface area contributed by atoms with E-state index in [4.69, 9.17) is 16.3 Å². The third-order valence-corrected chi connectivity index (χ3v) is 2.27. The Morgan fingerprint density at radius 2 is 1.94 bits per heavy atom. The van der Waals surface area contributed by atoms with E-state index in [0.29, 0.717) is 10.8 Å². The molecule has 0 aliphatic carbocycles. The van der Waals surface area contributed by atoms with Gasteiger partial charge in [0, 0.05) is 10.6 Å². The maximum absolute atomic E-state index is 11.6. The number of nitrogens with one attached hydrogen (secondary N) is 1. The molecule has 18 heavy (non-hydrogen) atoms. The zero-order valence-corrected chi connectivity index (χ0v) is 11.5. The fourth-order valence-electron chi connectivity index (χ4n) is 1.23. The molecule has 0 aliphatic rings. The van der Waals surface area contributed by atoms with Crippen LogP contribution in [0.15, 0.2) is 24.3 Å². The third-order valence-electron chi connectivity index (χ3n) is 2.02. The van der Waals surface area contributed by atoms with Crippen molar-refractivity contribution in [3.05, 3.63) is 29.3 Å². The first-order valence-electron chi connectivity index (χ1n) is 5.66. The average molecular weight is 272 g/mol. The second-order valence-corrected chi connectivity index (χ2v) is 5.46. The highest BCUT2D eigenvalue weighted by Crippen LogP contribution is 2.15. The maximum Gasteiger partial charge on any atom is 0.252 e. The molecule has 100 valence electrons. The number of aliphatic hydroxyl groups excluding tert-OH is 1. The minimum atomic E-state index is -1.19. The monoisotopic (exact) mass is 271 g/mol. The first kappa shape index (κ1) is 14.8. The minimum Gasteiger partial charge on any atom is -0.490 e. The van der Waals surface area contributed by atoms with Crippen LogP contribution in [-0.2, 0) is 4.79 Å². The zero-order valence-electron chi connectivity index (χ0n) is 10.7. The Labute approximate surface area is 112 Å². The molecule has 1 amide bonds. The van der Waals surface area contributed by atoms with Crippen molar-refractivity contribution in [2.24, 2.45) is 0 Å². The van der Waals surface area contributed by atoms with Crippen LogP contribution in [0.5, 0.6) is 5.75 Å². The van der Waals surface area contributed by atoms with Gasteiger partial charge < -0.3 is 15.2 Å². The molecule has 0 fully saturated rings. The van der Waals surface area contributed by atoms with Gasteiger partial charge in [-0.05, 0) is 45.0 Å². The van der Waals surface area contributed by atoms with Crippen molar-refractivity contribution < 1.29 is 14.6 Å². The van der Waals surface area contributed by atoms with Gasteiger partial charge >= 0.3 is 0 Å². The molecule has 0 saturated carbocycles. The van der Waals surface area contributed by atoms with E-state index in [0.717, 1.165) is 0 Å². The molecule has 4 nitrogen and oxygen atoms in total. The summed E-state index contributed by atoms with van der Waals surface area (Å²) in [7, 11) is 0. The van der Waals surface area contributed by atoms with Crippen LogP contribution >= 0.6 is 11.6 Å². The lowest BCUT2D eigenvalue weighted by atomic mass is 10.1. The molecule has 0 heterocycles. The molecule has 1 aromatic rings. The number of rotatable bonds is 4. The number of hydrogen-bond donors (Lipinski definition) is 2. The van der Waals surface area contributed by atoms with Gasteiger partial charge in [0.15, 0.2) is 6.10 Å². The van der Waals surface area contributed by atoms with E-state index >= 15 is 0 Å². The number of halogens is 1. The predicted molar refractivity (Wildman–Crippen MR) is 70.8 cm³/mol. The standard InChI is InChI=1S/C13H18ClNO3/c1-13(2,3)15-12(17)11(16)8-18-10-6-4-9(14)5-7-10/h4-7,11,16H,8H2,1-3H3,(H,15,17). The van der Waals surface area contributed by atoms with E-state index in [-0.39, 0.29) is 12.1 Å². The summed E-state index contributed by atoms with van der Waals surface area (Å²) in [6.45, 7) is 5.44. The first-order valence-corrected chi connectivity index (χ1v) is 6.04. The minimum absolute atomic E-state index is 0.0937. The highest BCUT2D eigenvalue weighted by molar-refractivity contribution is 6.30. The number of hydrogen-bond acceptors (Lipinski definition) is 3. The quantitative estimate of drug-likeness (QED) is 0.881. The van der Waals surface area contributed by atoms with Gasteiger partial charge in [0.1, 0.15) is 12.4 Å². The number of amides is 1. The van der Waals surface area contributed by atoms with E-state index in [2.05, 4.69) is 5.32 Å². The van der Waals surface area contributed by atoms with Crippen molar-refractivity contribution in [3.8, 4) is 5.75 Å². The number of aliphatic hydroxyl groups is 1. The van der Waals surface area contributed by atoms with Crippen molar-refractivity contribution in [3.63, 3.8) is 0 Å². The lowest BCUT2D eigenvalue weighted by Gasteiger charge is -2.22. The molecule has 5 heteroatoms. The Morgan fingerprint density at radius 3 is 2.44 bits per heavy atom. The Bertz CT molecular complexity index is 398. The summed E-state index contributed by atoms with van der Waals surface area (Å²) in [5.41, 5.74) is -0.377. The molecule has 0 saturated heterocycles. The van der Waals surface area contributed by atoms with Crippen molar-refractivity contribution in [2.45, 2.75) is 32.4 Å². The number of ether oxygens (including phenoxy) is 1. The van der Waals surface area contributed by atoms with Crippen LogP contribution in [0.1, 0.15) is 20.8 Å². The molecule has 1 unspecified atom stereocenters. The van der Waals surface area contributed by atoms with E-state index in [9.17, 15) is 9.90 Å². The zero-order chi connectivity index (χ0) is 13.8. The van der Waals surface area contributed by atoms with Crippen LogP contribution in [0.3, 0.4) is 0 Å². The van der Waals surface area contributed by atoms with Gasteiger partial charge in [0.05, 0.1) is 0 Å². The summed E-state index contributed by atoms with van der Waals surface area (Å²) in [6, 6.07) is 6.71. The normalized spacial score (nSPS) is 12.9. The van der Waals surface area contributed by atoms with E-state index in [1.54, 1.807) is 24.3 Å². The Hall–Kier alpha value is -1.26. The molecular weight excluding hydrogens is 254 g/mol. The van der Waals surface area contributed by atoms with Crippen LogP contribution < -0.4 is 10.1 Å². The highest BCUT2D eigenvalue weighted by atomic mass is 35.5. The maximum atomic E-state index is 11.6. The van der Waals surface area contributed by atoms with Crippen molar-refractivity contribution in [1.82, 2.24) is 5.32 Å². The van der Waals surface area contributed by atoms with E-state index in [1.165, 1.54) is 0 Å². The lowest BCUT2D eigenvalue weighted by Crippen LogP contribution is -2.47. The van der Waals surface area contributed by atoms with Gasteiger partial charge in [0.2, 0.25) is 0 Å². The van der Waals surface area contributed by atoms with Gasteiger partial charge in [-0.2, -0.15) is 0 Å². The molecule has 1 rings (SSSR count). The summed E-state index contributed by atoms with van der Waals surface area (Å²) in [4.78, 5) is 11.6. The van der Waals surface area contributed by atoms with Crippen LogP contribution in [-0.4, -0.2) is 29.3 Å². The molecule has 2 N–H and O–H groups in total. The summed E-state index contributed by atoms with van der Waals surface area (Å²) < 4.78 is 5.29. The molecule has 1 atom stereocenters. The molecule has 0 aromatic heterocycles. The summed E-state index contributed by atoms with van der Waals surface area (Å²) in [5.74, 6) is 0.110. The Kier molecular flexibility index (Phi) is 4.99. The summed E-state index contributed by atoms with van der Waals surface area (Å²) >= 11 is 5.73. The van der Waals surface area contributed by atoms with Crippen LogP contribution in [0.4, 0.5) is 0 Å². The molecule has 0 spiro atoms. The smallest absolute Gasteiger partial charge is 0.252 e. The number of benzene rings is 1. The fourth-order valence-corrected chi connectivity index (χ4v) is 1.36. The molecular formula is C13H18ClNO3. The van der Waals surface area contributed by atoms with Crippen LogP contribution in [0.2, 0.25) is 5.02 Å². The van der Waals surface area contributed by atoms with Crippen LogP contribution in [0, 0.1) is 0 Å². The van der Waals surface area contributed by atoms with Gasteiger partial charge in [-0.15, -0.1) is 0 Å². The third kappa shape index (κ3) is 5.38. The van der Waals surface area contributed by atoms with Crippen molar-refractivity contribution in [2.75, 3.05) is 6.61 Å². The second-order valence-electron chi connectivity index (χ2n) is 5.02. The molecule has 0 bridgehead atoms. The highest BCUT2D eigenvalue weighted by Gasteiger charge is 2.21. The van der Waals surface area contributed by atoms with Gasteiger partial charge in [-0.3, -0.25) is 4.79 Å². The van der Waals surface area contributed by atoms with Crippen LogP contribution in [0.25, 0.3) is 0 Å². The molecule has 1 aromatic carbocycles. The topological polar surface area (TPSA) is 58.6 Å². The van der Waals surface area contributed by atoms with E-state index < -0.39 is 12.0 Å². The van der Waals surface area contributed by atoms with Gasteiger partial charge in [0.25, 0.3) is 5.91 Å². The summed E-state index contributed by atoms with van der Waals surface area (Å²) in [6.07, 6.45) is -1.19. The van der Waals surface area contributed by atoms with Gasteiger partial charge in [-0.25, -0.2) is 0 Å². The van der Waals surface area contributed by atoms with Crippen molar-refractivity contribution >= 4 is 17.5 Å². The molecule has 0 aliphatic heterocycles. The lowest BCUT2D eigenvalue weighted by molar-refractivity contribution is -0.132. The SMILES string of the molecule is CC(C)(C)NC(=O)C(O)COc1ccc(Cl)cc1. The predicted octanol–water partition coefficient (Wildman–Crippen LogP) is 1.99. The van der Waals surface area contributed by atoms with E-state index in [1.807, 2.05) is 20.8 Å². The summed E-state index contributed by atoms with van der Waals surface area (Å²) in [5, 5.41) is 12.9. The van der Waals surface area contributed by atoms with Crippen molar-refractivity contribution in [1.29, 1.82) is 0 Å². The number of carbonyl (C=O) groups is 1. The van der Waals surface area contributed by atoms with Gasteiger partial charge in [-0.1, -0.05) is 11.6 Å². The molecule has 0 radical (unpaired) electrons. The second kappa shape index (κ2) is 6.07. The largest absolute Gasteiger partial charge is 0.490 e.